The highest BCUT2D eigenvalue weighted by Crippen LogP contribution is 2.14. The number of halogens is 1. The summed E-state index contributed by atoms with van der Waals surface area (Å²) >= 11 is 5.69. The number of carbonyl (C=O) groups excluding carboxylic acids is 1. The molecule has 0 aromatic heterocycles. The van der Waals surface area contributed by atoms with Crippen LogP contribution in [0.5, 0.6) is 0 Å². The predicted molar refractivity (Wildman–Crippen MR) is 45.8 cm³/mol. The van der Waals surface area contributed by atoms with Crippen LogP contribution >= 0.6 is 11.6 Å². The first-order valence-corrected chi connectivity index (χ1v) is 4.22. The van der Waals surface area contributed by atoms with Crippen molar-refractivity contribution in [3.8, 4) is 0 Å². The molecule has 0 aliphatic rings. The lowest BCUT2D eigenvalue weighted by molar-refractivity contribution is -0.146. The third-order valence-electron chi connectivity index (χ3n) is 1.22. The molecule has 0 rings (SSSR count). The highest BCUT2D eigenvalue weighted by molar-refractivity contribution is 6.33. The summed E-state index contributed by atoms with van der Waals surface area (Å²) in [5.74, 6) is -0.340. The zero-order chi connectivity index (χ0) is 8.91. The first-order chi connectivity index (χ1) is 4.98. The van der Waals surface area contributed by atoms with Gasteiger partial charge in [0.1, 0.15) is 4.87 Å². The van der Waals surface area contributed by atoms with Gasteiger partial charge >= 0.3 is 5.97 Å². The molecule has 0 unspecified atom stereocenters. The number of carbonyl (C=O) groups is 1. The predicted octanol–water partition coefficient (Wildman–Crippen LogP) is 2.35. The van der Waals surface area contributed by atoms with E-state index in [2.05, 4.69) is 0 Å². The van der Waals surface area contributed by atoms with Gasteiger partial charge in [-0.1, -0.05) is 13.3 Å². The average Bonchev–Trinajstić information content (AvgIpc) is 1.86. The molecule has 0 saturated carbocycles. The second-order valence-corrected chi connectivity index (χ2v) is 3.91. The number of esters is 1. The van der Waals surface area contributed by atoms with Gasteiger partial charge in [0.2, 0.25) is 0 Å². The molecule has 0 spiro atoms. The molecule has 0 aromatic rings. The maximum Gasteiger partial charge on any atom is 0.326 e. The lowest BCUT2D eigenvalue weighted by atomic mass is 10.2. The van der Waals surface area contributed by atoms with Crippen LogP contribution in [0.15, 0.2) is 0 Å². The summed E-state index contributed by atoms with van der Waals surface area (Å²) in [7, 11) is 0. The molecule has 0 aliphatic carbocycles. The van der Waals surface area contributed by atoms with Crippen molar-refractivity contribution in [2.45, 2.75) is 38.5 Å². The van der Waals surface area contributed by atoms with E-state index in [1.807, 2.05) is 6.92 Å². The zero-order valence-corrected chi connectivity index (χ0v) is 8.07. The third kappa shape index (κ3) is 5.08. The van der Waals surface area contributed by atoms with Gasteiger partial charge in [0.15, 0.2) is 0 Å². The third-order valence-corrected chi connectivity index (χ3v) is 1.37. The van der Waals surface area contributed by atoms with Crippen molar-refractivity contribution in [2.75, 3.05) is 6.61 Å². The molecule has 0 saturated heterocycles. The topological polar surface area (TPSA) is 26.3 Å². The lowest BCUT2D eigenvalue weighted by Gasteiger charge is -2.13. The fourth-order valence-electron chi connectivity index (χ4n) is 0.481. The summed E-state index contributed by atoms with van der Waals surface area (Å²) in [4.78, 5) is 10.1. The van der Waals surface area contributed by atoms with Gasteiger partial charge in [0.25, 0.3) is 0 Å². The Labute approximate surface area is 72.9 Å². The number of alkyl halides is 1. The van der Waals surface area contributed by atoms with Crippen molar-refractivity contribution in [1.82, 2.24) is 0 Å². The molecule has 0 bridgehead atoms. The Kier molecular flexibility index (Phi) is 4.50. The van der Waals surface area contributed by atoms with Gasteiger partial charge in [0.05, 0.1) is 6.61 Å². The van der Waals surface area contributed by atoms with Crippen molar-refractivity contribution in [2.24, 2.45) is 0 Å². The minimum Gasteiger partial charge on any atom is -0.464 e. The molecular formula is C8H15ClO2. The fraction of sp³-hybridized carbons (Fsp3) is 0.875. The molecule has 66 valence electrons. The van der Waals surface area contributed by atoms with E-state index in [9.17, 15) is 4.79 Å². The maximum absolute atomic E-state index is 11.0. The number of hydrogen-bond donors (Lipinski definition) is 0. The monoisotopic (exact) mass is 178 g/mol. The molecule has 11 heavy (non-hydrogen) atoms. The van der Waals surface area contributed by atoms with Crippen LogP contribution in [0.4, 0.5) is 0 Å². The Balaban J connectivity index is 3.54. The summed E-state index contributed by atoms with van der Waals surface area (Å²) in [6, 6.07) is 0. The second-order valence-electron chi connectivity index (χ2n) is 2.96. The van der Waals surface area contributed by atoms with Gasteiger partial charge in [-0.15, -0.1) is 11.6 Å². The minimum atomic E-state index is -0.881. The maximum atomic E-state index is 11.0. The molecule has 0 radical (unpaired) electrons. The van der Waals surface area contributed by atoms with Crippen LogP contribution in [-0.2, 0) is 9.53 Å². The Morgan fingerprint density at radius 2 is 2.09 bits per heavy atom. The van der Waals surface area contributed by atoms with Crippen LogP contribution in [-0.4, -0.2) is 17.5 Å². The van der Waals surface area contributed by atoms with E-state index < -0.39 is 4.87 Å². The van der Waals surface area contributed by atoms with Gasteiger partial charge in [-0.3, -0.25) is 4.79 Å². The summed E-state index contributed by atoms with van der Waals surface area (Å²) in [6.07, 6.45) is 1.93. The van der Waals surface area contributed by atoms with Gasteiger partial charge in [-0.2, -0.15) is 0 Å². The molecule has 0 aliphatic heterocycles. The Morgan fingerprint density at radius 1 is 1.55 bits per heavy atom. The van der Waals surface area contributed by atoms with Gasteiger partial charge in [0, 0.05) is 0 Å². The SMILES string of the molecule is CCCCOC(=O)C(C)(C)Cl. The average molecular weight is 179 g/mol. The van der Waals surface area contributed by atoms with Crippen molar-refractivity contribution in [3.63, 3.8) is 0 Å². The molecule has 0 atom stereocenters. The van der Waals surface area contributed by atoms with Crippen molar-refractivity contribution < 1.29 is 9.53 Å². The van der Waals surface area contributed by atoms with Gasteiger partial charge in [-0.25, -0.2) is 0 Å². The van der Waals surface area contributed by atoms with Gasteiger partial charge in [-0.05, 0) is 20.3 Å². The molecule has 0 heterocycles. The molecule has 0 aromatic carbocycles. The van der Waals surface area contributed by atoms with E-state index in [-0.39, 0.29) is 5.97 Å². The Morgan fingerprint density at radius 3 is 2.45 bits per heavy atom. The van der Waals surface area contributed by atoms with E-state index in [1.165, 1.54) is 0 Å². The van der Waals surface area contributed by atoms with E-state index in [0.29, 0.717) is 6.61 Å². The van der Waals surface area contributed by atoms with Crippen molar-refractivity contribution in [3.05, 3.63) is 0 Å². The molecule has 0 amide bonds. The van der Waals surface area contributed by atoms with Crippen LogP contribution in [0, 0.1) is 0 Å². The number of hydrogen-bond acceptors (Lipinski definition) is 2. The minimum absolute atomic E-state index is 0.340. The largest absolute Gasteiger partial charge is 0.464 e. The molecule has 0 fully saturated rings. The smallest absolute Gasteiger partial charge is 0.326 e. The Bertz CT molecular complexity index is 127. The summed E-state index contributed by atoms with van der Waals surface area (Å²) < 4.78 is 4.88. The van der Waals surface area contributed by atoms with Gasteiger partial charge < -0.3 is 4.74 Å². The van der Waals surface area contributed by atoms with Crippen LogP contribution in [0.25, 0.3) is 0 Å². The summed E-state index contributed by atoms with van der Waals surface area (Å²) in [6.45, 7) is 5.77. The number of ether oxygens (including phenoxy) is 1. The van der Waals surface area contributed by atoms with E-state index in [1.54, 1.807) is 13.8 Å². The molecule has 3 heteroatoms. The van der Waals surface area contributed by atoms with Crippen molar-refractivity contribution in [1.29, 1.82) is 0 Å². The van der Waals surface area contributed by atoms with E-state index in [0.717, 1.165) is 12.8 Å². The number of rotatable bonds is 4. The summed E-state index contributed by atoms with van der Waals surface area (Å²) in [5, 5.41) is 0. The van der Waals surface area contributed by atoms with Crippen LogP contribution in [0.1, 0.15) is 33.6 Å². The van der Waals surface area contributed by atoms with Crippen LogP contribution in [0.3, 0.4) is 0 Å². The van der Waals surface area contributed by atoms with Crippen molar-refractivity contribution >= 4 is 17.6 Å². The molecule has 2 nitrogen and oxygen atoms in total. The first kappa shape index (κ1) is 10.8. The summed E-state index contributed by atoms with van der Waals surface area (Å²) in [5.41, 5.74) is 0. The van der Waals surface area contributed by atoms with E-state index in [4.69, 9.17) is 16.3 Å². The van der Waals surface area contributed by atoms with Crippen LogP contribution < -0.4 is 0 Å². The fourth-order valence-corrected chi connectivity index (χ4v) is 0.535. The van der Waals surface area contributed by atoms with E-state index >= 15 is 0 Å². The number of unbranched alkanes of at least 4 members (excludes halogenated alkanes) is 1. The highest BCUT2D eigenvalue weighted by Gasteiger charge is 2.25. The standard InChI is InChI=1S/C8H15ClO2/c1-4-5-6-11-7(10)8(2,3)9/h4-6H2,1-3H3. The molecular weight excluding hydrogens is 164 g/mol. The first-order valence-electron chi connectivity index (χ1n) is 3.84. The normalized spacial score (nSPS) is 11.3. The molecule has 0 N–H and O–H groups in total. The van der Waals surface area contributed by atoms with Crippen LogP contribution in [0.2, 0.25) is 0 Å². The lowest BCUT2D eigenvalue weighted by Crippen LogP contribution is -2.27. The second kappa shape index (κ2) is 4.60. The quantitative estimate of drug-likeness (QED) is 0.375. The zero-order valence-electron chi connectivity index (χ0n) is 7.32. The highest BCUT2D eigenvalue weighted by atomic mass is 35.5. The Hall–Kier alpha value is -0.240.